The maximum absolute atomic E-state index is 12.9. The van der Waals surface area contributed by atoms with Crippen LogP contribution < -0.4 is 10.3 Å². The molecule has 0 aliphatic carbocycles. The van der Waals surface area contributed by atoms with E-state index < -0.39 is 11.8 Å². The number of ether oxygens (including phenoxy) is 1. The number of nitriles is 2. The van der Waals surface area contributed by atoms with Gasteiger partial charge in [-0.15, -0.1) is 0 Å². The van der Waals surface area contributed by atoms with E-state index in [4.69, 9.17) is 4.74 Å². The lowest BCUT2D eigenvalue weighted by atomic mass is 9.80. The smallest absolute Gasteiger partial charge is 0.256 e. The maximum atomic E-state index is 12.9. The standard InChI is InChI=1S/C22H12N4O2/c23-10-13(11-24)18-15-9-12-5-1-3-7-16(12)26-22(15)28-20-14-6-2-4-8-17(14)25-21(27)19(18)20/h1-9,13,18H,(H,25,27). The fourth-order valence-electron chi connectivity index (χ4n) is 3.82. The Morgan fingerprint density at radius 2 is 1.82 bits per heavy atom. The Labute approximate surface area is 159 Å². The van der Waals surface area contributed by atoms with Crippen LogP contribution in [-0.2, 0) is 0 Å². The number of fused-ring (bicyclic) bond motifs is 5. The normalized spacial score (nSPS) is 14.8. The monoisotopic (exact) mass is 364 g/mol. The number of aromatic nitrogens is 2. The molecule has 0 fully saturated rings. The Hall–Kier alpha value is -4.16. The number of hydrogen-bond acceptors (Lipinski definition) is 5. The third-order valence-corrected chi connectivity index (χ3v) is 5.08. The van der Waals surface area contributed by atoms with Gasteiger partial charge in [0.25, 0.3) is 5.56 Å². The summed E-state index contributed by atoms with van der Waals surface area (Å²) in [7, 11) is 0. The molecule has 4 aromatic rings. The van der Waals surface area contributed by atoms with Crippen molar-refractivity contribution < 1.29 is 4.74 Å². The fourth-order valence-corrected chi connectivity index (χ4v) is 3.82. The molecule has 2 aromatic heterocycles. The minimum atomic E-state index is -1.05. The number of pyridine rings is 2. The second kappa shape index (κ2) is 5.94. The number of nitrogens with one attached hydrogen (secondary N) is 1. The third kappa shape index (κ3) is 2.19. The van der Waals surface area contributed by atoms with Gasteiger partial charge in [0.15, 0.2) is 0 Å². The van der Waals surface area contributed by atoms with Crippen molar-refractivity contribution in [2.24, 2.45) is 5.92 Å². The molecule has 6 heteroatoms. The summed E-state index contributed by atoms with van der Waals surface area (Å²) in [5.41, 5.74) is 1.85. The summed E-state index contributed by atoms with van der Waals surface area (Å²) in [5.74, 6) is -1.12. The Morgan fingerprint density at radius 3 is 2.64 bits per heavy atom. The molecule has 0 amide bonds. The maximum Gasteiger partial charge on any atom is 0.256 e. The highest BCUT2D eigenvalue weighted by Gasteiger charge is 2.38. The summed E-state index contributed by atoms with van der Waals surface area (Å²) in [6.45, 7) is 0. The fraction of sp³-hybridized carbons (Fsp3) is 0.0909. The summed E-state index contributed by atoms with van der Waals surface area (Å²) in [6.07, 6.45) is 0. The Kier molecular flexibility index (Phi) is 3.40. The lowest BCUT2D eigenvalue weighted by Crippen LogP contribution is -2.26. The van der Waals surface area contributed by atoms with Crippen LogP contribution in [0.25, 0.3) is 21.8 Å². The number of aromatic amines is 1. The summed E-state index contributed by atoms with van der Waals surface area (Å²) < 4.78 is 6.10. The number of rotatable bonds is 1. The molecule has 0 spiro atoms. The zero-order chi connectivity index (χ0) is 19.3. The van der Waals surface area contributed by atoms with Crippen molar-refractivity contribution >= 4 is 21.8 Å². The topological polar surface area (TPSA) is 103 Å². The lowest BCUT2D eigenvalue weighted by Gasteiger charge is -2.28. The molecule has 0 radical (unpaired) electrons. The molecule has 2 aromatic carbocycles. The average Bonchev–Trinajstić information content (AvgIpc) is 2.73. The predicted octanol–water partition coefficient (Wildman–Crippen LogP) is 3.98. The Morgan fingerprint density at radius 1 is 1.07 bits per heavy atom. The molecule has 6 nitrogen and oxygen atoms in total. The van der Waals surface area contributed by atoms with Crippen molar-refractivity contribution in [3.63, 3.8) is 0 Å². The number of hydrogen-bond donors (Lipinski definition) is 1. The van der Waals surface area contributed by atoms with Crippen LogP contribution in [0.4, 0.5) is 0 Å². The van der Waals surface area contributed by atoms with E-state index in [9.17, 15) is 15.3 Å². The van der Waals surface area contributed by atoms with Crippen molar-refractivity contribution in [2.45, 2.75) is 5.92 Å². The van der Waals surface area contributed by atoms with Gasteiger partial charge < -0.3 is 9.72 Å². The van der Waals surface area contributed by atoms with Gasteiger partial charge in [0, 0.05) is 16.3 Å². The molecular formula is C22H12N4O2. The molecule has 1 unspecified atom stereocenters. The second-order valence-electron chi connectivity index (χ2n) is 6.63. The molecule has 28 heavy (non-hydrogen) atoms. The van der Waals surface area contributed by atoms with E-state index in [2.05, 4.69) is 9.97 Å². The van der Waals surface area contributed by atoms with Crippen LogP contribution in [0.15, 0.2) is 59.4 Å². The van der Waals surface area contributed by atoms with Gasteiger partial charge in [-0.3, -0.25) is 4.79 Å². The van der Waals surface area contributed by atoms with Crippen LogP contribution in [0.2, 0.25) is 0 Å². The van der Waals surface area contributed by atoms with Gasteiger partial charge in [-0.1, -0.05) is 30.3 Å². The number of benzene rings is 2. The van der Waals surface area contributed by atoms with Crippen LogP contribution in [0.1, 0.15) is 17.0 Å². The largest absolute Gasteiger partial charge is 0.437 e. The molecular weight excluding hydrogens is 352 g/mol. The van der Waals surface area contributed by atoms with E-state index in [0.29, 0.717) is 28.1 Å². The quantitative estimate of drug-likeness (QED) is 0.550. The van der Waals surface area contributed by atoms with Gasteiger partial charge in [0.1, 0.15) is 11.7 Å². The third-order valence-electron chi connectivity index (χ3n) is 5.08. The molecule has 1 atom stereocenters. The molecule has 0 saturated carbocycles. The van der Waals surface area contributed by atoms with Crippen LogP contribution in [0.5, 0.6) is 11.6 Å². The summed E-state index contributed by atoms with van der Waals surface area (Å²) in [5, 5.41) is 20.8. The van der Waals surface area contributed by atoms with Crippen LogP contribution in [0, 0.1) is 28.6 Å². The van der Waals surface area contributed by atoms with Gasteiger partial charge >= 0.3 is 0 Å². The van der Waals surface area contributed by atoms with Crippen molar-refractivity contribution in [3.8, 4) is 23.8 Å². The summed E-state index contributed by atoms with van der Waals surface area (Å²) in [4.78, 5) is 20.4. The minimum absolute atomic E-state index is 0.288. The molecule has 1 aliphatic rings. The molecule has 3 heterocycles. The molecule has 0 bridgehead atoms. The number of H-pyrrole nitrogens is 1. The molecule has 132 valence electrons. The predicted molar refractivity (Wildman–Crippen MR) is 103 cm³/mol. The lowest BCUT2D eigenvalue weighted by molar-refractivity contribution is 0.425. The zero-order valence-electron chi connectivity index (χ0n) is 14.5. The van der Waals surface area contributed by atoms with E-state index in [1.54, 1.807) is 6.07 Å². The summed E-state index contributed by atoms with van der Waals surface area (Å²) in [6, 6.07) is 20.7. The molecule has 5 rings (SSSR count). The van der Waals surface area contributed by atoms with Gasteiger partial charge in [-0.05, 0) is 24.3 Å². The minimum Gasteiger partial charge on any atom is -0.437 e. The highest BCUT2D eigenvalue weighted by molar-refractivity contribution is 5.88. The van der Waals surface area contributed by atoms with Crippen LogP contribution in [-0.4, -0.2) is 9.97 Å². The Balaban J connectivity index is 1.90. The van der Waals surface area contributed by atoms with Crippen molar-refractivity contribution in [1.29, 1.82) is 10.5 Å². The van der Waals surface area contributed by atoms with Crippen LogP contribution in [0.3, 0.4) is 0 Å². The van der Waals surface area contributed by atoms with E-state index in [1.807, 2.05) is 60.7 Å². The van der Waals surface area contributed by atoms with Gasteiger partial charge in [0.2, 0.25) is 5.88 Å². The average molecular weight is 364 g/mol. The number of para-hydroxylation sites is 2. The van der Waals surface area contributed by atoms with E-state index in [-0.39, 0.29) is 11.1 Å². The van der Waals surface area contributed by atoms with E-state index in [1.165, 1.54) is 0 Å². The van der Waals surface area contributed by atoms with Gasteiger partial charge in [-0.2, -0.15) is 10.5 Å². The first-order valence-corrected chi connectivity index (χ1v) is 8.73. The van der Waals surface area contributed by atoms with Gasteiger partial charge in [-0.25, -0.2) is 4.98 Å². The Bertz CT molecular complexity index is 1390. The first-order chi connectivity index (χ1) is 13.7. The van der Waals surface area contributed by atoms with Crippen molar-refractivity contribution in [1.82, 2.24) is 9.97 Å². The zero-order valence-corrected chi connectivity index (χ0v) is 14.5. The molecule has 1 aliphatic heterocycles. The van der Waals surface area contributed by atoms with Crippen molar-refractivity contribution in [2.75, 3.05) is 0 Å². The van der Waals surface area contributed by atoms with Crippen molar-refractivity contribution in [3.05, 3.63) is 76.1 Å². The summed E-state index contributed by atoms with van der Waals surface area (Å²) >= 11 is 0. The first-order valence-electron chi connectivity index (χ1n) is 8.73. The molecule has 1 N–H and O–H groups in total. The number of nitrogens with zero attached hydrogens (tertiary/aromatic N) is 3. The van der Waals surface area contributed by atoms with E-state index >= 15 is 0 Å². The van der Waals surface area contributed by atoms with Crippen LogP contribution >= 0.6 is 0 Å². The van der Waals surface area contributed by atoms with Gasteiger partial charge in [0.05, 0.1) is 34.7 Å². The SMILES string of the molecule is N#CC(C#N)C1c2cc3ccccc3nc2Oc2c1c(=O)[nH]c1ccccc21. The molecule has 0 saturated heterocycles. The first kappa shape index (κ1) is 16.0. The highest BCUT2D eigenvalue weighted by atomic mass is 16.5. The van der Waals surface area contributed by atoms with E-state index in [0.717, 1.165) is 10.9 Å². The highest BCUT2D eigenvalue weighted by Crippen LogP contribution is 2.48. The second-order valence-corrected chi connectivity index (χ2v) is 6.63.